The van der Waals surface area contributed by atoms with Crippen LogP contribution in [0.1, 0.15) is 31.1 Å². The average Bonchev–Trinajstić information content (AvgIpc) is 2.84. The summed E-state index contributed by atoms with van der Waals surface area (Å²) >= 11 is 0. The molecule has 0 amide bonds. The van der Waals surface area contributed by atoms with Gasteiger partial charge in [-0.05, 0) is 23.6 Å². The minimum atomic E-state index is 0.285. The van der Waals surface area contributed by atoms with Gasteiger partial charge in [0.2, 0.25) is 0 Å². The van der Waals surface area contributed by atoms with Gasteiger partial charge in [-0.25, -0.2) is 0 Å². The average molecular weight is 261 g/mol. The molecule has 0 aliphatic heterocycles. The van der Waals surface area contributed by atoms with Gasteiger partial charge in [-0.2, -0.15) is 4.98 Å². The molecule has 0 unspecified atom stereocenters. The van der Waals surface area contributed by atoms with Crippen LogP contribution in [0.3, 0.4) is 0 Å². The molecule has 102 valence electrons. The summed E-state index contributed by atoms with van der Waals surface area (Å²) in [6, 6.07) is 7.64. The SMILES string of the molecule is CC(C)Cc1noc(COc2ccc(CN)cc2)n1. The number of nitrogens with zero attached hydrogens (tertiary/aromatic N) is 2. The Kier molecular flexibility index (Phi) is 4.52. The van der Waals surface area contributed by atoms with Crippen LogP contribution in [0.2, 0.25) is 0 Å². The van der Waals surface area contributed by atoms with Crippen LogP contribution in [0.25, 0.3) is 0 Å². The van der Waals surface area contributed by atoms with Crippen LogP contribution in [-0.4, -0.2) is 10.1 Å². The van der Waals surface area contributed by atoms with E-state index in [-0.39, 0.29) is 6.61 Å². The third-order valence-corrected chi connectivity index (χ3v) is 2.62. The molecule has 0 radical (unpaired) electrons. The second kappa shape index (κ2) is 6.33. The molecule has 0 atom stereocenters. The Hall–Kier alpha value is -1.88. The maximum Gasteiger partial charge on any atom is 0.264 e. The summed E-state index contributed by atoms with van der Waals surface area (Å²) in [4.78, 5) is 4.28. The lowest BCUT2D eigenvalue weighted by molar-refractivity contribution is 0.242. The van der Waals surface area contributed by atoms with Crippen molar-refractivity contribution in [1.29, 1.82) is 0 Å². The standard InChI is InChI=1S/C14H19N3O2/c1-10(2)7-13-16-14(19-17-13)9-18-12-5-3-11(8-15)4-6-12/h3-6,10H,7-9,15H2,1-2H3. The van der Waals surface area contributed by atoms with Gasteiger partial charge in [-0.1, -0.05) is 31.1 Å². The summed E-state index contributed by atoms with van der Waals surface area (Å²) in [5, 5.41) is 3.91. The van der Waals surface area contributed by atoms with Gasteiger partial charge in [-0.3, -0.25) is 0 Å². The lowest BCUT2D eigenvalue weighted by atomic mass is 10.1. The van der Waals surface area contributed by atoms with Crippen molar-refractivity contribution < 1.29 is 9.26 Å². The van der Waals surface area contributed by atoms with Crippen LogP contribution in [0, 0.1) is 5.92 Å². The molecule has 2 rings (SSSR count). The molecular formula is C14H19N3O2. The number of nitrogens with two attached hydrogens (primary N) is 1. The van der Waals surface area contributed by atoms with Gasteiger partial charge in [0, 0.05) is 13.0 Å². The second-order valence-electron chi connectivity index (χ2n) is 4.84. The second-order valence-corrected chi connectivity index (χ2v) is 4.84. The smallest absolute Gasteiger partial charge is 0.264 e. The zero-order valence-corrected chi connectivity index (χ0v) is 11.3. The fraction of sp³-hybridized carbons (Fsp3) is 0.429. The lowest BCUT2D eigenvalue weighted by Crippen LogP contribution is -1.99. The maximum atomic E-state index is 5.57. The van der Waals surface area contributed by atoms with Crippen molar-refractivity contribution in [2.45, 2.75) is 33.4 Å². The van der Waals surface area contributed by atoms with E-state index in [2.05, 4.69) is 24.0 Å². The van der Waals surface area contributed by atoms with E-state index >= 15 is 0 Å². The first-order chi connectivity index (χ1) is 9.17. The predicted molar refractivity (Wildman–Crippen MR) is 71.5 cm³/mol. The number of benzene rings is 1. The van der Waals surface area contributed by atoms with Crippen molar-refractivity contribution >= 4 is 0 Å². The molecule has 0 aliphatic rings. The lowest BCUT2D eigenvalue weighted by Gasteiger charge is -2.03. The van der Waals surface area contributed by atoms with Gasteiger partial charge in [0.05, 0.1) is 0 Å². The summed E-state index contributed by atoms with van der Waals surface area (Å²) in [6.45, 7) is 5.05. The van der Waals surface area contributed by atoms with E-state index in [0.717, 1.165) is 23.6 Å². The highest BCUT2D eigenvalue weighted by molar-refractivity contribution is 5.27. The molecule has 1 aromatic carbocycles. The van der Waals surface area contributed by atoms with Gasteiger partial charge in [-0.15, -0.1) is 0 Å². The van der Waals surface area contributed by atoms with Gasteiger partial charge < -0.3 is 15.0 Å². The van der Waals surface area contributed by atoms with Gasteiger partial charge in [0.1, 0.15) is 5.75 Å². The molecule has 2 N–H and O–H groups in total. The Balaban J connectivity index is 1.89. The van der Waals surface area contributed by atoms with E-state index in [0.29, 0.717) is 18.4 Å². The number of ether oxygens (including phenoxy) is 1. The Morgan fingerprint density at radius 3 is 2.63 bits per heavy atom. The van der Waals surface area contributed by atoms with Crippen molar-refractivity contribution in [2.75, 3.05) is 0 Å². The first-order valence-electron chi connectivity index (χ1n) is 6.40. The summed E-state index contributed by atoms with van der Waals surface area (Å²) in [5.41, 5.74) is 6.61. The van der Waals surface area contributed by atoms with E-state index in [9.17, 15) is 0 Å². The molecule has 5 nitrogen and oxygen atoms in total. The summed E-state index contributed by atoms with van der Waals surface area (Å²) in [7, 11) is 0. The number of rotatable bonds is 6. The summed E-state index contributed by atoms with van der Waals surface area (Å²) in [5.74, 6) is 2.50. The van der Waals surface area contributed by atoms with Crippen LogP contribution in [0.15, 0.2) is 28.8 Å². The highest BCUT2D eigenvalue weighted by Gasteiger charge is 2.08. The minimum absolute atomic E-state index is 0.285. The van der Waals surface area contributed by atoms with Crippen LogP contribution < -0.4 is 10.5 Å². The van der Waals surface area contributed by atoms with Crippen molar-refractivity contribution in [1.82, 2.24) is 10.1 Å². The topological polar surface area (TPSA) is 74.2 Å². The molecule has 1 aromatic heterocycles. The highest BCUT2D eigenvalue weighted by atomic mass is 16.5. The summed E-state index contributed by atoms with van der Waals surface area (Å²) < 4.78 is 10.7. The van der Waals surface area contributed by atoms with E-state index in [1.54, 1.807) is 0 Å². The molecule has 19 heavy (non-hydrogen) atoms. The van der Waals surface area contributed by atoms with Crippen LogP contribution in [-0.2, 0) is 19.6 Å². The normalized spacial score (nSPS) is 10.9. The zero-order chi connectivity index (χ0) is 13.7. The Morgan fingerprint density at radius 2 is 2.00 bits per heavy atom. The van der Waals surface area contributed by atoms with Crippen molar-refractivity contribution in [3.63, 3.8) is 0 Å². The van der Waals surface area contributed by atoms with Crippen molar-refractivity contribution in [2.24, 2.45) is 11.7 Å². The molecule has 1 heterocycles. The number of aromatic nitrogens is 2. The molecule has 0 spiro atoms. The third-order valence-electron chi connectivity index (χ3n) is 2.62. The Labute approximate surface area is 112 Å². The van der Waals surface area contributed by atoms with E-state index in [1.165, 1.54) is 0 Å². The third kappa shape index (κ3) is 4.06. The number of hydrogen-bond donors (Lipinski definition) is 1. The first kappa shape index (κ1) is 13.5. The molecule has 0 bridgehead atoms. The Morgan fingerprint density at radius 1 is 1.26 bits per heavy atom. The van der Waals surface area contributed by atoms with Crippen LogP contribution in [0.5, 0.6) is 5.75 Å². The number of hydrogen-bond acceptors (Lipinski definition) is 5. The van der Waals surface area contributed by atoms with Gasteiger partial charge in [0.15, 0.2) is 12.4 Å². The van der Waals surface area contributed by atoms with Crippen LogP contribution >= 0.6 is 0 Å². The predicted octanol–water partition coefficient (Wildman–Crippen LogP) is 2.31. The van der Waals surface area contributed by atoms with Gasteiger partial charge >= 0.3 is 0 Å². The zero-order valence-electron chi connectivity index (χ0n) is 11.3. The fourth-order valence-electron chi connectivity index (χ4n) is 1.66. The maximum absolute atomic E-state index is 5.57. The quantitative estimate of drug-likeness (QED) is 0.863. The van der Waals surface area contributed by atoms with Crippen molar-refractivity contribution in [3.8, 4) is 5.75 Å². The molecule has 0 aliphatic carbocycles. The molecule has 0 saturated carbocycles. The molecule has 5 heteroatoms. The molecular weight excluding hydrogens is 242 g/mol. The monoisotopic (exact) mass is 261 g/mol. The minimum Gasteiger partial charge on any atom is -0.484 e. The Bertz CT molecular complexity index is 506. The van der Waals surface area contributed by atoms with E-state index in [1.807, 2.05) is 24.3 Å². The molecule has 0 fully saturated rings. The van der Waals surface area contributed by atoms with Crippen LogP contribution in [0.4, 0.5) is 0 Å². The van der Waals surface area contributed by atoms with E-state index in [4.69, 9.17) is 15.0 Å². The first-order valence-corrected chi connectivity index (χ1v) is 6.40. The van der Waals surface area contributed by atoms with Gasteiger partial charge in [0.25, 0.3) is 5.89 Å². The molecule has 0 saturated heterocycles. The summed E-state index contributed by atoms with van der Waals surface area (Å²) in [6.07, 6.45) is 0.814. The largest absolute Gasteiger partial charge is 0.484 e. The van der Waals surface area contributed by atoms with E-state index < -0.39 is 0 Å². The fourth-order valence-corrected chi connectivity index (χ4v) is 1.66. The molecule has 2 aromatic rings. The van der Waals surface area contributed by atoms with Crippen molar-refractivity contribution in [3.05, 3.63) is 41.5 Å². The highest BCUT2D eigenvalue weighted by Crippen LogP contribution is 2.14.